The van der Waals surface area contributed by atoms with Crippen LogP contribution in [0.3, 0.4) is 0 Å². The monoisotopic (exact) mass is 185 g/mol. The molecular formula is C10H13F2N. The number of hydrogen-bond donors (Lipinski definition) is 1. The molecule has 0 saturated heterocycles. The summed E-state index contributed by atoms with van der Waals surface area (Å²) in [7, 11) is 0. The Labute approximate surface area is 76.6 Å². The lowest BCUT2D eigenvalue weighted by atomic mass is 9.97. The van der Waals surface area contributed by atoms with Crippen molar-refractivity contribution in [1.29, 1.82) is 0 Å². The number of benzene rings is 1. The molecule has 0 aliphatic rings. The summed E-state index contributed by atoms with van der Waals surface area (Å²) in [6.07, 6.45) is 0. The molecule has 0 fully saturated rings. The van der Waals surface area contributed by atoms with Gasteiger partial charge in [0.2, 0.25) is 0 Å². The van der Waals surface area contributed by atoms with Crippen molar-refractivity contribution >= 4 is 0 Å². The van der Waals surface area contributed by atoms with Crippen LogP contribution in [0, 0.1) is 13.8 Å². The van der Waals surface area contributed by atoms with Crippen molar-refractivity contribution in [3.8, 4) is 0 Å². The molecular weight excluding hydrogens is 172 g/mol. The van der Waals surface area contributed by atoms with Crippen LogP contribution >= 0.6 is 0 Å². The van der Waals surface area contributed by atoms with Crippen molar-refractivity contribution in [2.75, 3.05) is 6.54 Å². The molecule has 0 radical (unpaired) electrons. The van der Waals surface area contributed by atoms with E-state index in [1.165, 1.54) is 0 Å². The van der Waals surface area contributed by atoms with Gasteiger partial charge in [-0.25, -0.2) is 0 Å². The van der Waals surface area contributed by atoms with Crippen molar-refractivity contribution < 1.29 is 8.78 Å². The molecule has 0 heterocycles. The Morgan fingerprint density at radius 1 is 1.23 bits per heavy atom. The highest BCUT2D eigenvalue weighted by atomic mass is 19.3. The van der Waals surface area contributed by atoms with Gasteiger partial charge in [-0.05, 0) is 25.0 Å². The fraction of sp³-hybridized carbons (Fsp3) is 0.400. The summed E-state index contributed by atoms with van der Waals surface area (Å²) in [5, 5.41) is 0. The van der Waals surface area contributed by atoms with Gasteiger partial charge < -0.3 is 5.73 Å². The lowest BCUT2D eigenvalue weighted by molar-refractivity contribution is 0.00470. The molecule has 0 bridgehead atoms. The SMILES string of the molecule is Cc1cccc(C)c1C(F)(F)CN. The first kappa shape index (κ1) is 10.1. The largest absolute Gasteiger partial charge is 0.325 e. The van der Waals surface area contributed by atoms with Crippen LogP contribution in [0.15, 0.2) is 18.2 Å². The zero-order chi connectivity index (χ0) is 10.1. The third-order valence-corrected chi connectivity index (χ3v) is 2.10. The summed E-state index contributed by atoms with van der Waals surface area (Å²) >= 11 is 0. The van der Waals surface area contributed by atoms with Crippen LogP contribution in [-0.2, 0) is 5.92 Å². The van der Waals surface area contributed by atoms with Crippen LogP contribution in [0.2, 0.25) is 0 Å². The van der Waals surface area contributed by atoms with E-state index >= 15 is 0 Å². The highest BCUT2D eigenvalue weighted by Crippen LogP contribution is 2.31. The highest BCUT2D eigenvalue weighted by molar-refractivity contribution is 5.37. The Morgan fingerprint density at radius 3 is 2.08 bits per heavy atom. The molecule has 3 heteroatoms. The first-order valence-electron chi connectivity index (χ1n) is 4.13. The van der Waals surface area contributed by atoms with Gasteiger partial charge in [0.1, 0.15) is 0 Å². The normalized spacial score (nSPS) is 11.8. The van der Waals surface area contributed by atoms with Gasteiger partial charge >= 0.3 is 0 Å². The van der Waals surface area contributed by atoms with E-state index in [1.807, 2.05) is 0 Å². The predicted molar refractivity (Wildman–Crippen MR) is 48.9 cm³/mol. The molecule has 13 heavy (non-hydrogen) atoms. The van der Waals surface area contributed by atoms with Crippen LogP contribution < -0.4 is 5.73 Å². The predicted octanol–water partition coefficient (Wildman–Crippen LogP) is 2.35. The maximum atomic E-state index is 13.3. The minimum absolute atomic E-state index is 0.0671. The average molecular weight is 185 g/mol. The minimum atomic E-state index is -2.91. The maximum absolute atomic E-state index is 13.3. The van der Waals surface area contributed by atoms with Crippen LogP contribution in [0.25, 0.3) is 0 Å². The van der Waals surface area contributed by atoms with Crippen molar-refractivity contribution in [3.05, 3.63) is 34.9 Å². The van der Waals surface area contributed by atoms with Crippen molar-refractivity contribution in [3.63, 3.8) is 0 Å². The van der Waals surface area contributed by atoms with Gasteiger partial charge in [-0.3, -0.25) is 0 Å². The molecule has 1 rings (SSSR count). The number of rotatable bonds is 2. The van der Waals surface area contributed by atoms with Gasteiger partial charge in [-0.15, -0.1) is 0 Å². The summed E-state index contributed by atoms with van der Waals surface area (Å²) in [6, 6.07) is 5.11. The van der Waals surface area contributed by atoms with E-state index in [0.29, 0.717) is 11.1 Å². The molecule has 0 amide bonds. The third-order valence-electron chi connectivity index (χ3n) is 2.10. The zero-order valence-corrected chi connectivity index (χ0v) is 7.77. The molecule has 1 aromatic rings. The third kappa shape index (κ3) is 1.86. The van der Waals surface area contributed by atoms with E-state index in [0.717, 1.165) is 0 Å². The van der Waals surface area contributed by atoms with Gasteiger partial charge in [0.25, 0.3) is 5.92 Å². The Balaban J connectivity index is 3.28. The molecule has 0 aromatic heterocycles. The van der Waals surface area contributed by atoms with E-state index in [-0.39, 0.29) is 5.56 Å². The second-order valence-corrected chi connectivity index (χ2v) is 3.18. The second-order valence-electron chi connectivity index (χ2n) is 3.18. The fourth-order valence-electron chi connectivity index (χ4n) is 1.49. The number of hydrogen-bond acceptors (Lipinski definition) is 1. The zero-order valence-electron chi connectivity index (χ0n) is 7.77. The van der Waals surface area contributed by atoms with Gasteiger partial charge in [-0.1, -0.05) is 18.2 Å². The van der Waals surface area contributed by atoms with E-state index in [1.54, 1.807) is 32.0 Å². The molecule has 0 atom stereocenters. The molecule has 0 aliphatic carbocycles. The van der Waals surface area contributed by atoms with E-state index in [9.17, 15) is 8.78 Å². The standard InChI is InChI=1S/C10H13F2N/c1-7-4-3-5-8(2)9(7)10(11,12)6-13/h3-5H,6,13H2,1-2H3. The van der Waals surface area contributed by atoms with E-state index < -0.39 is 12.5 Å². The topological polar surface area (TPSA) is 26.0 Å². The number of alkyl halides is 2. The second kappa shape index (κ2) is 3.42. The summed E-state index contributed by atoms with van der Waals surface area (Å²) in [4.78, 5) is 0. The summed E-state index contributed by atoms with van der Waals surface area (Å²) in [6.45, 7) is 2.70. The lowest BCUT2D eigenvalue weighted by Crippen LogP contribution is -2.27. The highest BCUT2D eigenvalue weighted by Gasteiger charge is 2.32. The lowest BCUT2D eigenvalue weighted by Gasteiger charge is -2.19. The Hall–Kier alpha value is -0.960. The quantitative estimate of drug-likeness (QED) is 0.752. The summed E-state index contributed by atoms with van der Waals surface area (Å²) < 4.78 is 26.6. The number of halogens is 2. The number of nitrogens with two attached hydrogens (primary N) is 1. The van der Waals surface area contributed by atoms with Gasteiger partial charge in [0.15, 0.2) is 0 Å². The maximum Gasteiger partial charge on any atom is 0.285 e. The summed E-state index contributed by atoms with van der Waals surface area (Å²) in [5.41, 5.74) is 6.28. The average Bonchev–Trinajstić information content (AvgIpc) is 2.03. The van der Waals surface area contributed by atoms with Gasteiger partial charge in [-0.2, -0.15) is 8.78 Å². The van der Waals surface area contributed by atoms with Crippen LogP contribution in [0.1, 0.15) is 16.7 Å². The molecule has 0 saturated carbocycles. The Kier molecular flexibility index (Phi) is 2.66. The van der Waals surface area contributed by atoms with Crippen LogP contribution in [0.4, 0.5) is 8.78 Å². The first-order chi connectivity index (χ1) is 5.99. The molecule has 0 spiro atoms. The van der Waals surface area contributed by atoms with E-state index in [4.69, 9.17) is 5.73 Å². The van der Waals surface area contributed by atoms with Crippen molar-refractivity contribution in [1.82, 2.24) is 0 Å². The van der Waals surface area contributed by atoms with Crippen LogP contribution in [-0.4, -0.2) is 6.54 Å². The molecule has 1 aromatic carbocycles. The first-order valence-corrected chi connectivity index (χ1v) is 4.13. The number of aryl methyl sites for hydroxylation is 2. The molecule has 72 valence electrons. The van der Waals surface area contributed by atoms with E-state index in [2.05, 4.69) is 0 Å². The Bertz CT molecular complexity index is 288. The fourth-order valence-corrected chi connectivity index (χ4v) is 1.49. The van der Waals surface area contributed by atoms with Crippen molar-refractivity contribution in [2.45, 2.75) is 19.8 Å². The van der Waals surface area contributed by atoms with Gasteiger partial charge in [0, 0.05) is 5.56 Å². The molecule has 2 N–H and O–H groups in total. The molecule has 0 aliphatic heterocycles. The van der Waals surface area contributed by atoms with Crippen molar-refractivity contribution in [2.24, 2.45) is 5.73 Å². The molecule has 0 unspecified atom stereocenters. The van der Waals surface area contributed by atoms with Gasteiger partial charge in [0.05, 0.1) is 6.54 Å². The Morgan fingerprint density at radius 2 is 1.69 bits per heavy atom. The molecule has 1 nitrogen and oxygen atoms in total. The van der Waals surface area contributed by atoms with Crippen LogP contribution in [0.5, 0.6) is 0 Å². The minimum Gasteiger partial charge on any atom is -0.325 e. The summed E-state index contributed by atoms with van der Waals surface area (Å²) in [5.74, 6) is -2.91. The smallest absolute Gasteiger partial charge is 0.285 e.